The van der Waals surface area contributed by atoms with Crippen molar-refractivity contribution in [2.75, 3.05) is 49.8 Å². The van der Waals surface area contributed by atoms with E-state index in [0.29, 0.717) is 12.1 Å². The van der Waals surface area contributed by atoms with Crippen LogP contribution in [-0.4, -0.2) is 66.9 Å². The predicted octanol–water partition coefficient (Wildman–Crippen LogP) is 2.79. The predicted molar refractivity (Wildman–Crippen MR) is 96.4 cm³/mol. The molecule has 122 valence electrons. The zero-order chi connectivity index (χ0) is 15.2. The topological polar surface area (TPSA) is 21.7 Å². The molecule has 2 heterocycles. The Labute approximate surface area is 142 Å². The minimum Gasteiger partial charge on any atom is -0.497 e. The fraction of sp³-hybridized carbons (Fsp3) is 0.647. The molecule has 0 radical (unpaired) electrons. The van der Waals surface area contributed by atoms with E-state index in [1.165, 1.54) is 28.6 Å². The van der Waals surface area contributed by atoms with Gasteiger partial charge in [-0.05, 0) is 17.7 Å². The van der Waals surface area contributed by atoms with Gasteiger partial charge in [-0.1, -0.05) is 12.1 Å². The van der Waals surface area contributed by atoms with Crippen molar-refractivity contribution >= 4 is 23.5 Å². The highest BCUT2D eigenvalue weighted by atomic mass is 32.2. The number of morpholine rings is 1. The number of benzene rings is 1. The second-order valence-electron chi connectivity index (χ2n) is 5.85. The number of ether oxygens (including phenoxy) is 2. The van der Waals surface area contributed by atoms with Gasteiger partial charge < -0.3 is 9.47 Å². The van der Waals surface area contributed by atoms with Crippen LogP contribution in [0.4, 0.5) is 0 Å². The third-order valence-electron chi connectivity index (χ3n) is 4.28. The van der Waals surface area contributed by atoms with Crippen LogP contribution in [0, 0.1) is 0 Å². The third kappa shape index (κ3) is 4.57. The lowest BCUT2D eigenvalue weighted by atomic mass is 10.1. The molecule has 2 aliphatic rings. The summed E-state index contributed by atoms with van der Waals surface area (Å²) in [5.41, 5.74) is 1.30. The first-order valence-electron chi connectivity index (χ1n) is 7.99. The summed E-state index contributed by atoms with van der Waals surface area (Å²) in [6.07, 6.45) is 1.28. The van der Waals surface area contributed by atoms with E-state index < -0.39 is 0 Å². The van der Waals surface area contributed by atoms with Crippen LogP contribution in [-0.2, 0) is 11.2 Å². The molecular formula is C17H25NO2S2. The second-order valence-corrected chi connectivity index (χ2v) is 8.15. The Kier molecular flexibility index (Phi) is 6.36. The molecule has 0 saturated carbocycles. The summed E-state index contributed by atoms with van der Waals surface area (Å²) in [4.78, 5) is 2.65. The van der Waals surface area contributed by atoms with Crippen LogP contribution in [0.1, 0.15) is 5.56 Å². The van der Waals surface area contributed by atoms with Crippen LogP contribution in [0.3, 0.4) is 0 Å². The van der Waals surface area contributed by atoms with Crippen molar-refractivity contribution in [2.45, 2.75) is 18.6 Å². The minimum absolute atomic E-state index is 0.305. The Morgan fingerprint density at radius 1 is 1.27 bits per heavy atom. The van der Waals surface area contributed by atoms with Gasteiger partial charge in [0, 0.05) is 48.6 Å². The molecule has 2 saturated heterocycles. The van der Waals surface area contributed by atoms with Gasteiger partial charge in [0.25, 0.3) is 0 Å². The maximum Gasteiger partial charge on any atom is 0.119 e. The van der Waals surface area contributed by atoms with Crippen LogP contribution in [0.25, 0.3) is 0 Å². The zero-order valence-electron chi connectivity index (χ0n) is 13.2. The zero-order valence-corrected chi connectivity index (χ0v) is 14.8. The number of thioether (sulfide) groups is 2. The summed E-state index contributed by atoms with van der Waals surface area (Å²) >= 11 is 4.22. The van der Waals surface area contributed by atoms with Crippen molar-refractivity contribution in [3.63, 3.8) is 0 Å². The number of methoxy groups -OCH3 is 1. The lowest BCUT2D eigenvalue weighted by molar-refractivity contribution is -0.0365. The van der Waals surface area contributed by atoms with E-state index in [1.807, 2.05) is 6.07 Å². The van der Waals surface area contributed by atoms with Crippen LogP contribution in [0.2, 0.25) is 0 Å². The molecule has 5 heteroatoms. The fourth-order valence-corrected chi connectivity index (χ4v) is 5.70. The average Bonchev–Trinajstić information content (AvgIpc) is 2.84. The van der Waals surface area contributed by atoms with Gasteiger partial charge in [-0.15, -0.1) is 0 Å². The van der Waals surface area contributed by atoms with E-state index in [2.05, 4.69) is 46.6 Å². The van der Waals surface area contributed by atoms with Gasteiger partial charge in [-0.3, -0.25) is 4.90 Å². The highest BCUT2D eigenvalue weighted by molar-refractivity contribution is 8.03. The van der Waals surface area contributed by atoms with E-state index in [9.17, 15) is 0 Å². The Bertz CT molecular complexity index is 464. The van der Waals surface area contributed by atoms with Crippen molar-refractivity contribution < 1.29 is 9.47 Å². The summed E-state index contributed by atoms with van der Waals surface area (Å²) in [6.45, 7) is 3.00. The molecule has 1 aromatic rings. The SMILES string of the molecule is COc1cccc(CC2CN(C3CSCCSC3)CCO2)c1. The summed E-state index contributed by atoms with van der Waals surface area (Å²) in [7, 11) is 1.72. The fourth-order valence-electron chi connectivity index (χ4n) is 3.08. The number of hydrogen-bond acceptors (Lipinski definition) is 5. The molecular weight excluding hydrogens is 314 g/mol. The number of nitrogens with zero attached hydrogens (tertiary/aromatic N) is 1. The molecule has 0 aliphatic carbocycles. The molecule has 0 aromatic heterocycles. The van der Waals surface area contributed by atoms with Crippen LogP contribution in [0.15, 0.2) is 24.3 Å². The summed E-state index contributed by atoms with van der Waals surface area (Å²) in [6, 6.07) is 9.07. The maximum atomic E-state index is 6.01. The lowest BCUT2D eigenvalue weighted by Crippen LogP contribution is -2.50. The molecule has 2 fully saturated rings. The first-order valence-corrected chi connectivity index (χ1v) is 10.3. The van der Waals surface area contributed by atoms with Gasteiger partial charge in [0.15, 0.2) is 0 Å². The quantitative estimate of drug-likeness (QED) is 0.839. The van der Waals surface area contributed by atoms with Crippen molar-refractivity contribution in [3.8, 4) is 5.75 Å². The number of hydrogen-bond donors (Lipinski definition) is 0. The Morgan fingerprint density at radius 3 is 2.86 bits per heavy atom. The summed E-state index contributed by atoms with van der Waals surface area (Å²) < 4.78 is 11.3. The Balaban J connectivity index is 1.57. The van der Waals surface area contributed by atoms with Crippen LogP contribution >= 0.6 is 23.5 Å². The van der Waals surface area contributed by atoms with Crippen molar-refractivity contribution in [3.05, 3.63) is 29.8 Å². The van der Waals surface area contributed by atoms with Gasteiger partial charge in [-0.25, -0.2) is 0 Å². The van der Waals surface area contributed by atoms with E-state index >= 15 is 0 Å². The molecule has 0 N–H and O–H groups in total. The van der Waals surface area contributed by atoms with Crippen molar-refractivity contribution in [1.82, 2.24) is 4.90 Å². The lowest BCUT2D eigenvalue weighted by Gasteiger charge is -2.37. The number of rotatable bonds is 4. The highest BCUT2D eigenvalue weighted by Crippen LogP contribution is 2.23. The van der Waals surface area contributed by atoms with E-state index in [1.54, 1.807) is 7.11 Å². The molecule has 2 aliphatic heterocycles. The van der Waals surface area contributed by atoms with Gasteiger partial charge >= 0.3 is 0 Å². The van der Waals surface area contributed by atoms with Crippen LogP contribution in [0.5, 0.6) is 5.75 Å². The first kappa shape index (κ1) is 16.5. The molecule has 22 heavy (non-hydrogen) atoms. The van der Waals surface area contributed by atoms with Crippen molar-refractivity contribution in [1.29, 1.82) is 0 Å². The average molecular weight is 340 g/mol. The van der Waals surface area contributed by atoms with Gasteiger partial charge in [0.1, 0.15) is 5.75 Å². The van der Waals surface area contributed by atoms with Gasteiger partial charge in [0.05, 0.1) is 19.8 Å². The smallest absolute Gasteiger partial charge is 0.119 e. The molecule has 1 atom stereocenters. The molecule has 3 nitrogen and oxygen atoms in total. The van der Waals surface area contributed by atoms with Gasteiger partial charge in [0.2, 0.25) is 0 Å². The standard InChI is InChI=1S/C17H25NO2S2/c1-19-16-4-2-3-14(9-16)10-17-11-18(5-6-20-17)15-12-21-7-8-22-13-15/h2-4,9,15,17H,5-8,10-13H2,1H3. The highest BCUT2D eigenvalue weighted by Gasteiger charge is 2.27. The molecule has 1 aromatic carbocycles. The molecule has 0 spiro atoms. The third-order valence-corrected chi connectivity index (χ3v) is 6.76. The summed E-state index contributed by atoms with van der Waals surface area (Å²) in [5, 5.41) is 0. The second kappa shape index (κ2) is 8.48. The molecule has 0 bridgehead atoms. The molecule has 0 amide bonds. The van der Waals surface area contributed by atoms with E-state index in [-0.39, 0.29) is 0 Å². The largest absolute Gasteiger partial charge is 0.497 e. The van der Waals surface area contributed by atoms with Crippen LogP contribution < -0.4 is 4.74 Å². The summed E-state index contributed by atoms with van der Waals surface area (Å²) in [5.74, 6) is 6.09. The monoisotopic (exact) mass is 339 g/mol. The van der Waals surface area contributed by atoms with Crippen molar-refractivity contribution in [2.24, 2.45) is 0 Å². The Hall–Kier alpha value is -0.360. The minimum atomic E-state index is 0.305. The first-order chi connectivity index (χ1) is 10.8. The molecule has 1 unspecified atom stereocenters. The van der Waals surface area contributed by atoms with E-state index in [0.717, 1.165) is 31.9 Å². The van der Waals surface area contributed by atoms with Gasteiger partial charge in [-0.2, -0.15) is 23.5 Å². The normalized spacial score (nSPS) is 24.9. The molecule has 3 rings (SSSR count). The Morgan fingerprint density at radius 2 is 2.09 bits per heavy atom. The maximum absolute atomic E-state index is 6.01. The van der Waals surface area contributed by atoms with E-state index in [4.69, 9.17) is 9.47 Å².